The maximum absolute atomic E-state index is 12.6. The topological polar surface area (TPSA) is 32.3 Å². The molecule has 3 fully saturated rings. The van der Waals surface area contributed by atoms with Crippen LogP contribution in [0.1, 0.15) is 48.8 Å². The van der Waals surface area contributed by atoms with Crippen molar-refractivity contribution in [2.24, 2.45) is 0 Å². The largest absolute Gasteiger partial charge is 0.350 e. The van der Waals surface area contributed by atoms with Gasteiger partial charge in [0.05, 0.1) is 6.42 Å². The molecule has 3 aliphatic heterocycles. The van der Waals surface area contributed by atoms with Crippen LogP contribution in [0.3, 0.4) is 0 Å². The Labute approximate surface area is 133 Å². The van der Waals surface area contributed by atoms with Gasteiger partial charge in [-0.3, -0.25) is 4.79 Å². The van der Waals surface area contributed by atoms with E-state index in [2.05, 4.69) is 28.4 Å². The fourth-order valence-electron chi connectivity index (χ4n) is 4.55. The summed E-state index contributed by atoms with van der Waals surface area (Å²) < 4.78 is 0. The van der Waals surface area contributed by atoms with E-state index in [1.807, 2.05) is 0 Å². The van der Waals surface area contributed by atoms with Crippen LogP contribution in [0.2, 0.25) is 0 Å². The van der Waals surface area contributed by atoms with Gasteiger partial charge < -0.3 is 10.2 Å². The standard InChI is InChI=1S/C19H26N2O/c22-18(20-19-8-11-21(12-9-19)13-10-19)14-16-6-3-5-15-4-1-2-7-17(15)16/h3,5-6H,1-2,4,7-14H2,(H,20,22). The van der Waals surface area contributed by atoms with Crippen LogP contribution in [0.5, 0.6) is 0 Å². The van der Waals surface area contributed by atoms with E-state index in [1.54, 1.807) is 0 Å². The van der Waals surface area contributed by atoms with Crippen molar-refractivity contribution in [1.29, 1.82) is 0 Å². The van der Waals surface area contributed by atoms with Crippen LogP contribution in [-0.4, -0.2) is 36.0 Å². The number of amides is 1. The van der Waals surface area contributed by atoms with Gasteiger partial charge in [-0.2, -0.15) is 0 Å². The highest BCUT2D eigenvalue weighted by molar-refractivity contribution is 5.80. The average Bonchev–Trinajstić information content (AvgIpc) is 2.56. The number of aryl methyl sites for hydroxylation is 1. The molecule has 0 unspecified atom stereocenters. The number of hydrogen-bond donors (Lipinski definition) is 1. The van der Waals surface area contributed by atoms with Crippen molar-refractivity contribution in [3.05, 3.63) is 34.9 Å². The van der Waals surface area contributed by atoms with Crippen molar-refractivity contribution in [3.8, 4) is 0 Å². The molecule has 0 aromatic heterocycles. The maximum atomic E-state index is 12.6. The molecule has 3 nitrogen and oxygen atoms in total. The first-order valence-electron chi connectivity index (χ1n) is 8.87. The summed E-state index contributed by atoms with van der Waals surface area (Å²) in [4.78, 5) is 15.1. The molecule has 2 bridgehead atoms. The monoisotopic (exact) mass is 298 g/mol. The van der Waals surface area contributed by atoms with Gasteiger partial charge in [0.25, 0.3) is 0 Å². The number of benzene rings is 1. The number of piperidine rings is 3. The Balaban J connectivity index is 1.46. The van der Waals surface area contributed by atoms with E-state index >= 15 is 0 Å². The number of carbonyl (C=O) groups excluding carboxylic acids is 1. The molecule has 0 atom stereocenters. The minimum atomic E-state index is 0.0979. The lowest BCUT2D eigenvalue weighted by Gasteiger charge is -2.48. The Bertz CT molecular complexity index is 559. The van der Waals surface area contributed by atoms with E-state index < -0.39 is 0 Å². The quantitative estimate of drug-likeness (QED) is 0.930. The molecule has 1 aromatic carbocycles. The summed E-state index contributed by atoms with van der Waals surface area (Å²) in [6, 6.07) is 6.53. The Morgan fingerprint density at radius 3 is 2.59 bits per heavy atom. The highest BCUT2D eigenvalue weighted by Crippen LogP contribution is 2.32. The van der Waals surface area contributed by atoms with Crippen molar-refractivity contribution >= 4 is 5.91 Å². The SMILES string of the molecule is O=C(Cc1cccc2c1CCCC2)NC12CCN(CC1)CC2. The minimum absolute atomic E-state index is 0.0979. The van der Waals surface area contributed by atoms with Gasteiger partial charge >= 0.3 is 0 Å². The van der Waals surface area contributed by atoms with Crippen LogP contribution in [0.4, 0.5) is 0 Å². The summed E-state index contributed by atoms with van der Waals surface area (Å²) in [5.41, 5.74) is 4.29. The van der Waals surface area contributed by atoms with Crippen LogP contribution in [0, 0.1) is 0 Å². The lowest BCUT2D eigenvalue weighted by atomic mass is 9.79. The minimum Gasteiger partial charge on any atom is -0.350 e. The van der Waals surface area contributed by atoms with Crippen LogP contribution in [-0.2, 0) is 24.1 Å². The molecule has 22 heavy (non-hydrogen) atoms. The maximum Gasteiger partial charge on any atom is 0.224 e. The fourth-order valence-corrected chi connectivity index (χ4v) is 4.55. The van der Waals surface area contributed by atoms with Crippen LogP contribution >= 0.6 is 0 Å². The first-order chi connectivity index (χ1) is 10.7. The van der Waals surface area contributed by atoms with Gasteiger partial charge in [-0.25, -0.2) is 0 Å². The Morgan fingerprint density at radius 1 is 1.09 bits per heavy atom. The Morgan fingerprint density at radius 2 is 1.82 bits per heavy atom. The van der Waals surface area contributed by atoms with E-state index in [9.17, 15) is 4.79 Å². The van der Waals surface area contributed by atoms with Crippen molar-refractivity contribution in [3.63, 3.8) is 0 Å². The molecule has 1 amide bonds. The summed E-state index contributed by atoms with van der Waals surface area (Å²) in [6.07, 6.45) is 8.86. The van der Waals surface area contributed by atoms with Crippen molar-refractivity contribution in [2.45, 2.75) is 56.9 Å². The Hall–Kier alpha value is -1.35. The third-order valence-electron chi connectivity index (χ3n) is 5.97. The fraction of sp³-hybridized carbons (Fsp3) is 0.632. The normalized spacial score (nSPS) is 29.9. The summed E-state index contributed by atoms with van der Waals surface area (Å²) >= 11 is 0. The lowest BCUT2D eigenvalue weighted by Crippen LogP contribution is -2.61. The number of rotatable bonds is 3. The van der Waals surface area contributed by atoms with Crippen molar-refractivity contribution in [2.75, 3.05) is 19.6 Å². The average molecular weight is 298 g/mol. The first kappa shape index (κ1) is 14.3. The Kier molecular flexibility index (Phi) is 3.69. The molecule has 1 N–H and O–H groups in total. The van der Waals surface area contributed by atoms with E-state index in [0.29, 0.717) is 6.42 Å². The van der Waals surface area contributed by atoms with Gasteiger partial charge in [0.15, 0.2) is 0 Å². The van der Waals surface area contributed by atoms with Gasteiger partial charge in [0.2, 0.25) is 5.91 Å². The molecule has 0 spiro atoms. The number of nitrogens with zero attached hydrogens (tertiary/aromatic N) is 1. The zero-order chi connectivity index (χ0) is 15.0. The predicted molar refractivity (Wildman–Crippen MR) is 88.0 cm³/mol. The van der Waals surface area contributed by atoms with Gasteiger partial charge in [-0.1, -0.05) is 18.2 Å². The number of fused-ring (bicyclic) bond motifs is 4. The highest BCUT2D eigenvalue weighted by Gasteiger charge is 2.40. The second-order valence-electron chi connectivity index (χ2n) is 7.36. The van der Waals surface area contributed by atoms with E-state index in [4.69, 9.17) is 0 Å². The first-order valence-corrected chi connectivity index (χ1v) is 8.87. The molecule has 3 saturated heterocycles. The molecular formula is C19H26N2O. The van der Waals surface area contributed by atoms with Gasteiger partial charge in [0, 0.05) is 25.2 Å². The van der Waals surface area contributed by atoms with Gasteiger partial charge in [-0.15, -0.1) is 0 Å². The molecule has 118 valence electrons. The summed E-state index contributed by atoms with van der Waals surface area (Å²) in [5.74, 6) is 0.231. The molecular weight excluding hydrogens is 272 g/mol. The molecule has 0 saturated carbocycles. The number of hydrogen-bond acceptors (Lipinski definition) is 2. The molecule has 4 aliphatic rings. The number of nitrogens with one attached hydrogen (secondary N) is 1. The lowest BCUT2D eigenvalue weighted by molar-refractivity contribution is -0.124. The molecule has 5 rings (SSSR count). The second kappa shape index (κ2) is 5.69. The summed E-state index contributed by atoms with van der Waals surface area (Å²) in [6.45, 7) is 3.46. The summed E-state index contributed by atoms with van der Waals surface area (Å²) in [5, 5.41) is 3.41. The van der Waals surface area contributed by atoms with Crippen molar-refractivity contribution in [1.82, 2.24) is 10.2 Å². The third-order valence-corrected chi connectivity index (χ3v) is 5.97. The predicted octanol–water partition coefficient (Wildman–Crippen LogP) is 2.46. The van der Waals surface area contributed by atoms with Crippen LogP contribution in [0.15, 0.2) is 18.2 Å². The van der Waals surface area contributed by atoms with E-state index in [0.717, 1.165) is 45.3 Å². The van der Waals surface area contributed by atoms with E-state index in [-0.39, 0.29) is 11.4 Å². The van der Waals surface area contributed by atoms with E-state index in [1.165, 1.54) is 36.0 Å². The third kappa shape index (κ3) is 2.67. The summed E-state index contributed by atoms with van der Waals surface area (Å²) in [7, 11) is 0. The zero-order valence-corrected chi connectivity index (χ0v) is 13.4. The zero-order valence-electron chi connectivity index (χ0n) is 13.4. The molecule has 1 aliphatic carbocycles. The smallest absolute Gasteiger partial charge is 0.224 e. The van der Waals surface area contributed by atoms with Gasteiger partial charge in [-0.05, 0) is 61.6 Å². The molecule has 3 heterocycles. The van der Waals surface area contributed by atoms with Crippen LogP contribution < -0.4 is 5.32 Å². The second-order valence-corrected chi connectivity index (χ2v) is 7.36. The van der Waals surface area contributed by atoms with Crippen molar-refractivity contribution < 1.29 is 4.79 Å². The molecule has 0 radical (unpaired) electrons. The number of carbonyl (C=O) groups is 1. The molecule has 3 heteroatoms. The molecule has 1 aromatic rings. The highest BCUT2D eigenvalue weighted by atomic mass is 16.1. The van der Waals surface area contributed by atoms with Gasteiger partial charge in [0.1, 0.15) is 0 Å². The van der Waals surface area contributed by atoms with Crippen LogP contribution in [0.25, 0.3) is 0 Å².